The van der Waals surface area contributed by atoms with Gasteiger partial charge in [0, 0.05) is 13.2 Å². The maximum Gasteiger partial charge on any atom is 0.0895 e. The van der Waals surface area contributed by atoms with Crippen LogP contribution < -0.4 is 0 Å². The van der Waals surface area contributed by atoms with Gasteiger partial charge in [0.05, 0.1) is 22.1 Å². The van der Waals surface area contributed by atoms with E-state index in [2.05, 4.69) is 60.1 Å². The minimum Gasteiger partial charge on any atom is -0.375 e. The van der Waals surface area contributed by atoms with Gasteiger partial charge in [-0.3, -0.25) is 4.68 Å². The number of ether oxygens (including phenoxy) is 1. The number of nitrogens with zero attached hydrogens (tertiary/aromatic N) is 2. The van der Waals surface area contributed by atoms with E-state index in [1.165, 1.54) is 9.26 Å². The van der Waals surface area contributed by atoms with Crippen LogP contribution in [0.4, 0.5) is 0 Å². The highest BCUT2D eigenvalue weighted by Crippen LogP contribution is 2.14. The van der Waals surface area contributed by atoms with E-state index in [4.69, 9.17) is 4.74 Å². The molecule has 0 aromatic carbocycles. The van der Waals surface area contributed by atoms with Crippen molar-refractivity contribution in [1.82, 2.24) is 9.78 Å². The topological polar surface area (TPSA) is 27.1 Å². The fourth-order valence-electron chi connectivity index (χ4n) is 1.43. The van der Waals surface area contributed by atoms with E-state index in [-0.39, 0.29) is 0 Å². The van der Waals surface area contributed by atoms with Crippen LogP contribution in [0.2, 0.25) is 0 Å². The summed E-state index contributed by atoms with van der Waals surface area (Å²) in [4.78, 5) is 0. The third-order valence-corrected chi connectivity index (χ3v) is 3.03. The predicted octanol–water partition coefficient (Wildman–Crippen LogP) is 3.32. The van der Waals surface area contributed by atoms with Gasteiger partial charge in [-0.25, -0.2) is 0 Å². The van der Waals surface area contributed by atoms with E-state index >= 15 is 0 Å². The number of hydrogen-bond acceptors (Lipinski definition) is 2. The summed E-state index contributed by atoms with van der Waals surface area (Å²) in [5.41, 5.74) is 1.20. The summed E-state index contributed by atoms with van der Waals surface area (Å²) in [6.07, 6.45) is 1.91. The van der Waals surface area contributed by atoms with E-state index in [9.17, 15) is 0 Å². The molecule has 0 aliphatic heterocycles. The van der Waals surface area contributed by atoms with Gasteiger partial charge in [-0.15, -0.1) is 0 Å². The van der Waals surface area contributed by atoms with Crippen LogP contribution in [0.3, 0.4) is 0 Å². The van der Waals surface area contributed by atoms with Crippen molar-refractivity contribution >= 4 is 22.6 Å². The summed E-state index contributed by atoms with van der Waals surface area (Å²) in [5.74, 6) is 1.19. The Kier molecular flexibility index (Phi) is 5.75. The van der Waals surface area contributed by atoms with Gasteiger partial charge in [0.1, 0.15) is 0 Å². The lowest BCUT2D eigenvalue weighted by molar-refractivity contribution is 0.0910. The molecule has 0 N–H and O–H groups in total. The largest absolute Gasteiger partial charge is 0.375 e. The van der Waals surface area contributed by atoms with Crippen molar-refractivity contribution in [3.8, 4) is 0 Å². The molecule has 0 saturated carbocycles. The molecular weight excluding hydrogens is 315 g/mol. The van der Waals surface area contributed by atoms with E-state index < -0.39 is 0 Å². The number of aromatic nitrogens is 2. The van der Waals surface area contributed by atoms with Gasteiger partial charge in [-0.1, -0.05) is 27.7 Å². The molecule has 92 valence electrons. The molecule has 1 aromatic rings. The zero-order valence-corrected chi connectivity index (χ0v) is 12.7. The maximum absolute atomic E-state index is 5.68. The molecule has 0 fully saturated rings. The molecule has 0 saturated heterocycles. The molecule has 0 radical (unpaired) electrons. The molecule has 0 aliphatic rings. The summed E-state index contributed by atoms with van der Waals surface area (Å²) >= 11 is 2.32. The van der Waals surface area contributed by atoms with Crippen molar-refractivity contribution in [1.29, 1.82) is 0 Å². The average Bonchev–Trinajstić information content (AvgIpc) is 2.48. The minimum atomic E-state index is 0.583. The van der Waals surface area contributed by atoms with Crippen molar-refractivity contribution in [2.45, 2.75) is 40.8 Å². The molecule has 4 heteroatoms. The molecule has 1 heterocycles. The molecule has 0 atom stereocenters. The minimum absolute atomic E-state index is 0.583. The van der Waals surface area contributed by atoms with Gasteiger partial charge in [-0.05, 0) is 34.4 Å². The SMILES string of the molecule is CC(C)COCc1c(I)cnn1CC(C)C. The number of halogens is 1. The number of rotatable bonds is 6. The molecule has 3 nitrogen and oxygen atoms in total. The molecule has 1 rings (SSSR count). The Balaban J connectivity index is 2.59. The van der Waals surface area contributed by atoms with Crippen LogP contribution >= 0.6 is 22.6 Å². The van der Waals surface area contributed by atoms with Crippen LogP contribution in [0.5, 0.6) is 0 Å². The van der Waals surface area contributed by atoms with Gasteiger partial charge in [0.25, 0.3) is 0 Å². The summed E-state index contributed by atoms with van der Waals surface area (Å²) in [6.45, 7) is 11.2. The third kappa shape index (κ3) is 4.41. The third-order valence-electron chi connectivity index (χ3n) is 2.13. The predicted molar refractivity (Wildman–Crippen MR) is 74.3 cm³/mol. The molecule has 16 heavy (non-hydrogen) atoms. The van der Waals surface area contributed by atoms with Crippen molar-refractivity contribution < 1.29 is 4.74 Å². The standard InChI is InChI=1S/C12H21IN2O/c1-9(2)6-15-12(11(13)5-14-15)8-16-7-10(3)4/h5,9-10H,6-8H2,1-4H3. The van der Waals surface area contributed by atoms with E-state index in [1.54, 1.807) is 0 Å². The highest BCUT2D eigenvalue weighted by molar-refractivity contribution is 14.1. The second-order valence-electron chi connectivity index (χ2n) is 4.92. The van der Waals surface area contributed by atoms with Crippen molar-refractivity contribution in [2.75, 3.05) is 6.61 Å². The van der Waals surface area contributed by atoms with Crippen LogP contribution in [-0.2, 0) is 17.9 Å². The fourth-order valence-corrected chi connectivity index (χ4v) is 1.98. The molecule has 0 spiro atoms. The Morgan fingerprint density at radius 1 is 1.31 bits per heavy atom. The lowest BCUT2D eigenvalue weighted by atomic mass is 10.2. The van der Waals surface area contributed by atoms with Gasteiger partial charge >= 0.3 is 0 Å². The molecular formula is C12H21IN2O. The summed E-state index contributed by atoms with van der Waals surface area (Å²) in [6, 6.07) is 0. The van der Waals surface area contributed by atoms with E-state index in [1.807, 2.05) is 6.20 Å². The Morgan fingerprint density at radius 2 is 2.00 bits per heavy atom. The lowest BCUT2D eigenvalue weighted by Crippen LogP contribution is -2.12. The summed E-state index contributed by atoms with van der Waals surface area (Å²) in [5, 5.41) is 4.38. The molecule has 1 aromatic heterocycles. The monoisotopic (exact) mass is 336 g/mol. The maximum atomic E-state index is 5.68. The number of hydrogen-bond donors (Lipinski definition) is 0. The normalized spacial score (nSPS) is 11.7. The fraction of sp³-hybridized carbons (Fsp3) is 0.750. The zero-order chi connectivity index (χ0) is 12.1. The highest BCUT2D eigenvalue weighted by atomic mass is 127. The van der Waals surface area contributed by atoms with E-state index in [0.717, 1.165) is 13.2 Å². The van der Waals surface area contributed by atoms with Gasteiger partial charge in [0.15, 0.2) is 0 Å². The first kappa shape index (κ1) is 14.0. The second kappa shape index (κ2) is 6.59. The van der Waals surface area contributed by atoms with Gasteiger partial charge in [-0.2, -0.15) is 5.10 Å². The van der Waals surface area contributed by atoms with Crippen LogP contribution in [-0.4, -0.2) is 16.4 Å². The van der Waals surface area contributed by atoms with Crippen LogP contribution in [0.15, 0.2) is 6.20 Å². The lowest BCUT2D eigenvalue weighted by Gasteiger charge is -2.11. The smallest absolute Gasteiger partial charge is 0.0895 e. The van der Waals surface area contributed by atoms with Crippen LogP contribution in [0.25, 0.3) is 0 Å². The van der Waals surface area contributed by atoms with Crippen LogP contribution in [0.1, 0.15) is 33.4 Å². The summed E-state index contributed by atoms with van der Waals surface area (Å²) in [7, 11) is 0. The molecule has 0 bridgehead atoms. The Morgan fingerprint density at radius 3 is 2.56 bits per heavy atom. The van der Waals surface area contributed by atoms with Crippen LogP contribution in [0, 0.1) is 15.4 Å². The van der Waals surface area contributed by atoms with E-state index in [0.29, 0.717) is 18.4 Å². The molecule has 0 aliphatic carbocycles. The highest BCUT2D eigenvalue weighted by Gasteiger charge is 2.10. The Labute approximate surface area is 112 Å². The van der Waals surface area contributed by atoms with Gasteiger partial charge < -0.3 is 4.74 Å². The van der Waals surface area contributed by atoms with Crippen molar-refractivity contribution in [2.24, 2.45) is 11.8 Å². The Bertz CT molecular complexity index is 321. The average molecular weight is 336 g/mol. The van der Waals surface area contributed by atoms with Gasteiger partial charge in [0.2, 0.25) is 0 Å². The zero-order valence-electron chi connectivity index (χ0n) is 10.5. The molecule has 0 unspecified atom stereocenters. The summed E-state index contributed by atoms with van der Waals surface area (Å²) < 4.78 is 8.94. The second-order valence-corrected chi connectivity index (χ2v) is 6.09. The van der Waals surface area contributed by atoms with Crippen molar-refractivity contribution in [3.63, 3.8) is 0 Å². The first-order chi connectivity index (χ1) is 7.50. The first-order valence-corrected chi connectivity index (χ1v) is 6.86. The quantitative estimate of drug-likeness (QED) is 0.745. The van der Waals surface area contributed by atoms with Crippen molar-refractivity contribution in [3.05, 3.63) is 15.5 Å². The molecule has 0 amide bonds. The Hall–Kier alpha value is -0.100. The first-order valence-electron chi connectivity index (χ1n) is 5.78.